The third kappa shape index (κ3) is 5.79. The SMILES string of the molecule is COc1ccc(CNC(=O)C(=O)NC(C)C(c2cccs2)N2CCOCC2)cc1. The van der Waals surface area contributed by atoms with E-state index in [2.05, 4.69) is 21.6 Å². The van der Waals surface area contributed by atoms with Gasteiger partial charge in [0, 0.05) is 30.6 Å². The number of thiophene rings is 1. The van der Waals surface area contributed by atoms with Gasteiger partial charge in [-0.15, -0.1) is 11.3 Å². The van der Waals surface area contributed by atoms with E-state index in [-0.39, 0.29) is 18.6 Å². The largest absolute Gasteiger partial charge is 0.497 e. The summed E-state index contributed by atoms with van der Waals surface area (Å²) in [6, 6.07) is 11.2. The summed E-state index contributed by atoms with van der Waals surface area (Å²) in [5, 5.41) is 7.57. The third-order valence-electron chi connectivity index (χ3n) is 4.92. The van der Waals surface area contributed by atoms with Gasteiger partial charge in [0.1, 0.15) is 5.75 Å². The Hall–Kier alpha value is -2.42. The van der Waals surface area contributed by atoms with Crippen LogP contribution in [0.25, 0.3) is 0 Å². The molecule has 1 aliphatic rings. The Bertz CT molecular complexity index is 789. The van der Waals surface area contributed by atoms with Crippen LogP contribution in [0.1, 0.15) is 23.4 Å². The molecule has 29 heavy (non-hydrogen) atoms. The van der Waals surface area contributed by atoms with Crippen molar-refractivity contribution >= 4 is 23.2 Å². The number of hydrogen-bond donors (Lipinski definition) is 2. The molecule has 156 valence electrons. The van der Waals surface area contributed by atoms with E-state index in [1.807, 2.05) is 42.6 Å². The minimum Gasteiger partial charge on any atom is -0.497 e. The molecule has 2 N–H and O–H groups in total. The minimum atomic E-state index is -0.639. The Balaban J connectivity index is 1.57. The Morgan fingerprint density at radius 3 is 2.52 bits per heavy atom. The van der Waals surface area contributed by atoms with E-state index in [1.54, 1.807) is 18.4 Å². The average Bonchev–Trinajstić information content (AvgIpc) is 3.27. The molecule has 1 aromatic carbocycles. The van der Waals surface area contributed by atoms with Gasteiger partial charge in [-0.05, 0) is 36.1 Å². The monoisotopic (exact) mass is 417 g/mol. The number of carbonyl (C=O) groups is 2. The molecule has 8 heteroatoms. The summed E-state index contributed by atoms with van der Waals surface area (Å²) < 4.78 is 10.6. The zero-order valence-corrected chi connectivity index (χ0v) is 17.5. The summed E-state index contributed by atoms with van der Waals surface area (Å²) in [5.74, 6) is -0.519. The number of hydrogen-bond acceptors (Lipinski definition) is 6. The normalized spacial score (nSPS) is 16.6. The molecular weight excluding hydrogens is 390 g/mol. The van der Waals surface area contributed by atoms with E-state index in [9.17, 15) is 9.59 Å². The smallest absolute Gasteiger partial charge is 0.309 e. The molecule has 1 aromatic heterocycles. The summed E-state index contributed by atoms with van der Waals surface area (Å²) >= 11 is 1.65. The first-order valence-electron chi connectivity index (χ1n) is 9.65. The Morgan fingerprint density at radius 1 is 1.17 bits per heavy atom. The van der Waals surface area contributed by atoms with Gasteiger partial charge in [0.25, 0.3) is 0 Å². The lowest BCUT2D eigenvalue weighted by Gasteiger charge is -2.37. The van der Waals surface area contributed by atoms with Gasteiger partial charge in [-0.1, -0.05) is 18.2 Å². The molecule has 0 saturated carbocycles. The van der Waals surface area contributed by atoms with Crippen molar-refractivity contribution in [2.75, 3.05) is 33.4 Å². The summed E-state index contributed by atoms with van der Waals surface area (Å²) in [6.45, 7) is 5.16. The molecular formula is C21H27N3O4S. The highest BCUT2D eigenvalue weighted by atomic mass is 32.1. The maximum atomic E-state index is 12.4. The Morgan fingerprint density at radius 2 is 1.90 bits per heavy atom. The number of carbonyl (C=O) groups excluding carboxylic acids is 2. The van der Waals surface area contributed by atoms with Gasteiger partial charge < -0.3 is 20.1 Å². The zero-order valence-electron chi connectivity index (χ0n) is 16.7. The van der Waals surface area contributed by atoms with Crippen molar-refractivity contribution in [2.45, 2.75) is 25.6 Å². The Labute approximate surface area is 175 Å². The topological polar surface area (TPSA) is 79.9 Å². The lowest BCUT2D eigenvalue weighted by molar-refractivity contribution is -0.140. The van der Waals surface area contributed by atoms with Crippen LogP contribution < -0.4 is 15.4 Å². The molecule has 2 unspecified atom stereocenters. The summed E-state index contributed by atoms with van der Waals surface area (Å²) in [7, 11) is 1.60. The maximum absolute atomic E-state index is 12.4. The first kappa shape index (κ1) is 21.3. The number of rotatable bonds is 7. The number of benzene rings is 1. The van der Waals surface area contributed by atoms with Crippen LogP contribution >= 0.6 is 11.3 Å². The fourth-order valence-corrected chi connectivity index (χ4v) is 4.38. The molecule has 2 amide bonds. The second kappa shape index (κ2) is 10.4. The fourth-order valence-electron chi connectivity index (χ4n) is 3.42. The second-order valence-corrected chi connectivity index (χ2v) is 7.88. The van der Waals surface area contributed by atoms with E-state index in [0.717, 1.165) is 24.4 Å². The number of nitrogens with one attached hydrogen (secondary N) is 2. The average molecular weight is 418 g/mol. The highest BCUT2D eigenvalue weighted by Gasteiger charge is 2.30. The quantitative estimate of drug-likeness (QED) is 0.673. The van der Waals surface area contributed by atoms with Crippen LogP contribution in [0, 0.1) is 0 Å². The first-order chi connectivity index (χ1) is 14.1. The van der Waals surface area contributed by atoms with Crippen LogP contribution in [0.5, 0.6) is 5.75 Å². The van der Waals surface area contributed by atoms with Crippen molar-refractivity contribution in [1.82, 2.24) is 15.5 Å². The van der Waals surface area contributed by atoms with E-state index in [1.165, 1.54) is 4.88 Å². The molecule has 3 rings (SSSR count). The van der Waals surface area contributed by atoms with Crippen LogP contribution in [-0.4, -0.2) is 56.2 Å². The van der Waals surface area contributed by atoms with Crippen molar-refractivity contribution in [2.24, 2.45) is 0 Å². The van der Waals surface area contributed by atoms with Crippen LogP contribution in [-0.2, 0) is 20.9 Å². The summed E-state index contributed by atoms with van der Waals surface area (Å²) in [5.41, 5.74) is 0.893. The van der Waals surface area contributed by atoms with E-state index >= 15 is 0 Å². The molecule has 0 spiro atoms. The van der Waals surface area contributed by atoms with Gasteiger partial charge in [0.15, 0.2) is 0 Å². The van der Waals surface area contributed by atoms with Gasteiger partial charge in [-0.2, -0.15) is 0 Å². The van der Waals surface area contributed by atoms with Crippen molar-refractivity contribution < 1.29 is 19.1 Å². The van der Waals surface area contributed by atoms with Crippen molar-refractivity contribution in [3.8, 4) is 5.75 Å². The van der Waals surface area contributed by atoms with Crippen molar-refractivity contribution in [3.63, 3.8) is 0 Å². The molecule has 1 saturated heterocycles. The maximum Gasteiger partial charge on any atom is 0.309 e. The molecule has 1 aliphatic heterocycles. The van der Waals surface area contributed by atoms with Gasteiger partial charge in [-0.3, -0.25) is 14.5 Å². The third-order valence-corrected chi connectivity index (χ3v) is 5.87. The lowest BCUT2D eigenvalue weighted by atomic mass is 10.1. The standard InChI is InChI=1S/C21H27N3O4S/c1-15(19(18-4-3-13-29-18)24-9-11-28-12-10-24)23-21(26)20(25)22-14-16-5-7-17(27-2)8-6-16/h3-8,13,15,19H,9-12,14H2,1-2H3,(H,22,25)(H,23,26). The van der Waals surface area contributed by atoms with Gasteiger partial charge in [-0.25, -0.2) is 0 Å². The summed E-state index contributed by atoms with van der Waals surface area (Å²) in [6.07, 6.45) is 0. The molecule has 2 atom stereocenters. The number of ether oxygens (including phenoxy) is 2. The molecule has 2 heterocycles. The molecule has 2 aromatic rings. The highest BCUT2D eigenvalue weighted by molar-refractivity contribution is 7.10. The number of amides is 2. The molecule has 0 bridgehead atoms. The number of morpholine rings is 1. The van der Waals surface area contributed by atoms with Crippen molar-refractivity contribution in [1.29, 1.82) is 0 Å². The second-order valence-electron chi connectivity index (χ2n) is 6.90. The van der Waals surface area contributed by atoms with Gasteiger partial charge >= 0.3 is 11.8 Å². The first-order valence-corrected chi connectivity index (χ1v) is 10.5. The number of nitrogens with zero attached hydrogens (tertiary/aromatic N) is 1. The highest BCUT2D eigenvalue weighted by Crippen LogP contribution is 2.29. The molecule has 0 radical (unpaired) electrons. The molecule has 0 aliphatic carbocycles. The lowest BCUT2D eigenvalue weighted by Crippen LogP contribution is -2.51. The molecule has 1 fully saturated rings. The predicted octanol–water partition coefficient (Wildman–Crippen LogP) is 1.95. The van der Waals surface area contributed by atoms with E-state index in [0.29, 0.717) is 13.2 Å². The van der Waals surface area contributed by atoms with Gasteiger partial charge in [0.05, 0.1) is 26.4 Å². The van der Waals surface area contributed by atoms with Gasteiger partial charge in [0.2, 0.25) is 0 Å². The fraction of sp³-hybridized carbons (Fsp3) is 0.429. The van der Waals surface area contributed by atoms with Crippen LogP contribution in [0.15, 0.2) is 41.8 Å². The van der Waals surface area contributed by atoms with Crippen LogP contribution in [0.3, 0.4) is 0 Å². The van der Waals surface area contributed by atoms with Crippen molar-refractivity contribution in [3.05, 3.63) is 52.2 Å². The number of methoxy groups -OCH3 is 1. The minimum absolute atomic E-state index is 0.0113. The molecule has 7 nitrogen and oxygen atoms in total. The van der Waals surface area contributed by atoms with E-state index < -0.39 is 11.8 Å². The van der Waals surface area contributed by atoms with Crippen LogP contribution in [0.4, 0.5) is 0 Å². The van der Waals surface area contributed by atoms with E-state index in [4.69, 9.17) is 9.47 Å². The van der Waals surface area contributed by atoms with Crippen LogP contribution in [0.2, 0.25) is 0 Å². The Kier molecular flexibility index (Phi) is 7.62. The summed E-state index contributed by atoms with van der Waals surface area (Å²) in [4.78, 5) is 28.2. The predicted molar refractivity (Wildman–Crippen MR) is 112 cm³/mol. The zero-order chi connectivity index (χ0) is 20.6.